The second-order valence-corrected chi connectivity index (χ2v) is 8.32. The lowest BCUT2D eigenvalue weighted by Crippen LogP contribution is -2.42. The monoisotopic (exact) mass is 476 g/mol. The molecule has 1 atom stereocenters. The Morgan fingerprint density at radius 1 is 1.03 bits per heavy atom. The SMILES string of the molecule is CCC(C(=O)O)N(C)C(=O)c1ccc(NC(=O)OCC2c3ccccc3-c3ccccc32)cc1F. The van der Waals surface area contributed by atoms with Crippen molar-refractivity contribution in [1.82, 2.24) is 4.90 Å². The van der Waals surface area contributed by atoms with Gasteiger partial charge in [0.15, 0.2) is 0 Å². The van der Waals surface area contributed by atoms with Gasteiger partial charge in [-0.3, -0.25) is 10.1 Å². The molecule has 8 heteroatoms. The number of aliphatic carboxylic acids is 1. The van der Waals surface area contributed by atoms with E-state index in [4.69, 9.17) is 4.74 Å². The van der Waals surface area contributed by atoms with E-state index in [0.717, 1.165) is 33.2 Å². The van der Waals surface area contributed by atoms with Crippen LogP contribution in [-0.4, -0.2) is 47.7 Å². The van der Waals surface area contributed by atoms with Crippen LogP contribution in [0.25, 0.3) is 11.1 Å². The highest BCUT2D eigenvalue weighted by molar-refractivity contribution is 5.97. The molecule has 3 aromatic carbocycles. The standard InChI is InChI=1S/C27H25FN2O5/c1-3-24(26(32)33)30(2)25(31)21-13-12-16(14-23(21)28)29-27(34)35-15-22-19-10-6-4-8-17(19)18-9-5-7-11-20(18)22/h4-14,22,24H,3,15H2,1-2H3,(H,29,34)(H,32,33). The summed E-state index contributed by atoms with van der Waals surface area (Å²) in [6.45, 7) is 1.73. The van der Waals surface area contributed by atoms with Gasteiger partial charge < -0.3 is 14.7 Å². The largest absolute Gasteiger partial charge is 0.480 e. The number of carboxylic acids is 1. The van der Waals surface area contributed by atoms with E-state index < -0.39 is 29.8 Å². The lowest BCUT2D eigenvalue weighted by molar-refractivity contribution is -0.142. The average molecular weight is 477 g/mol. The molecule has 4 rings (SSSR count). The predicted octanol–water partition coefficient (Wildman–Crippen LogP) is 5.12. The summed E-state index contributed by atoms with van der Waals surface area (Å²) in [6.07, 6.45) is -0.569. The Morgan fingerprint density at radius 2 is 1.63 bits per heavy atom. The number of nitrogens with one attached hydrogen (secondary N) is 1. The third-order valence-corrected chi connectivity index (χ3v) is 6.25. The summed E-state index contributed by atoms with van der Waals surface area (Å²) < 4.78 is 20.1. The van der Waals surface area contributed by atoms with Gasteiger partial charge in [-0.2, -0.15) is 0 Å². The van der Waals surface area contributed by atoms with Crippen molar-refractivity contribution in [2.75, 3.05) is 19.0 Å². The minimum Gasteiger partial charge on any atom is -0.480 e. The maximum atomic E-state index is 14.7. The Labute approximate surface area is 202 Å². The summed E-state index contributed by atoms with van der Waals surface area (Å²) in [4.78, 5) is 37.3. The molecule has 0 bridgehead atoms. The summed E-state index contributed by atoms with van der Waals surface area (Å²) in [5, 5.41) is 11.7. The van der Waals surface area contributed by atoms with Crippen molar-refractivity contribution in [1.29, 1.82) is 0 Å². The Morgan fingerprint density at radius 3 is 2.17 bits per heavy atom. The first kappa shape index (κ1) is 23.9. The van der Waals surface area contributed by atoms with Crippen LogP contribution in [0.3, 0.4) is 0 Å². The lowest BCUT2D eigenvalue weighted by atomic mass is 9.98. The number of rotatable bonds is 7. The zero-order chi connectivity index (χ0) is 25.1. The fourth-order valence-electron chi connectivity index (χ4n) is 4.46. The molecule has 2 amide bonds. The van der Waals surface area contributed by atoms with Crippen molar-refractivity contribution >= 4 is 23.7 Å². The second-order valence-electron chi connectivity index (χ2n) is 8.32. The third-order valence-electron chi connectivity index (χ3n) is 6.25. The lowest BCUT2D eigenvalue weighted by Gasteiger charge is -2.24. The first-order chi connectivity index (χ1) is 16.8. The highest BCUT2D eigenvalue weighted by atomic mass is 19.1. The van der Waals surface area contributed by atoms with Crippen LogP contribution >= 0.6 is 0 Å². The number of ether oxygens (including phenoxy) is 1. The number of carbonyl (C=O) groups is 3. The average Bonchev–Trinajstić information content (AvgIpc) is 3.16. The maximum absolute atomic E-state index is 14.7. The molecule has 3 aromatic rings. The molecule has 0 aromatic heterocycles. The number of likely N-dealkylation sites (N-methyl/N-ethyl adjacent to an activating group) is 1. The van der Waals surface area contributed by atoms with Gasteiger partial charge in [0.05, 0.1) is 5.56 Å². The molecule has 0 radical (unpaired) electrons. The van der Waals surface area contributed by atoms with Crippen molar-refractivity contribution in [2.45, 2.75) is 25.3 Å². The number of fused-ring (bicyclic) bond motifs is 3. The number of hydrogen-bond donors (Lipinski definition) is 2. The predicted molar refractivity (Wildman–Crippen MR) is 129 cm³/mol. The molecular weight excluding hydrogens is 451 g/mol. The summed E-state index contributed by atoms with van der Waals surface area (Å²) in [5.74, 6) is -2.92. The molecule has 0 aliphatic heterocycles. The van der Waals surface area contributed by atoms with Gasteiger partial charge in [0.2, 0.25) is 0 Å². The van der Waals surface area contributed by atoms with E-state index in [1.54, 1.807) is 6.92 Å². The molecule has 0 saturated heterocycles. The van der Waals surface area contributed by atoms with Crippen molar-refractivity contribution in [2.24, 2.45) is 0 Å². The molecule has 1 unspecified atom stereocenters. The molecule has 1 aliphatic rings. The van der Waals surface area contributed by atoms with Crippen LogP contribution < -0.4 is 5.32 Å². The molecule has 0 fully saturated rings. The Bertz CT molecular complexity index is 1250. The van der Waals surface area contributed by atoms with E-state index in [1.807, 2.05) is 48.5 Å². The molecule has 0 saturated carbocycles. The van der Waals surface area contributed by atoms with E-state index >= 15 is 0 Å². The van der Waals surface area contributed by atoms with Gasteiger partial charge in [0.25, 0.3) is 5.91 Å². The molecular formula is C27H25FN2O5. The first-order valence-corrected chi connectivity index (χ1v) is 11.2. The molecule has 0 spiro atoms. The van der Waals surface area contributed by atoms with E-state index in [-0.39, 0.29) is 30.2 Å². The van der Waals surface area contributed by atoms with E-state index in [9.17, 15) is 23.9 Å². The van der Waals surface area contributed by atoms with Crippen LogP contribution in [0.15, 0.2) is 66.7 Å². The molecule has 180 valence electrons. The quantitative estimate of drug-likeness (QED) is 0.493. The van der Waals surface area contributed by atoms with Gasteiger partial charge >= 0.3 is 12.1 Å². The van der Waals surface area contributed by atoms with Crippen LogP contribution in [0.4, 0.5) is 14.9 Å². The van der Waals surface area contributed by atoms with E-state index in [2.05, 4.69) is 5.32 Å². The number of carbonyl (C=O) groups excluding carboxylic acids is 2. The van der Waals surface area contributed by atoms with Crippen LogP contribution in [-0.2, 0) is 9.53 Å². The topological polar surface area (TPSA) is 95.9 Å². The summed E-state index contributed by atoms with van der Waals surface area (Å²) in [7, 11) is 1.31. The number of carboxylic acid groups (broad SMARTS) is 1. The molecule has 0 heterocycles. The smallest absolute Gasteiger partial charge is 0.411 e. The summed E-state index contributed by atoms with van der Waals surface area (Å²) in [6, 6.07) is 18.4. The Balaban J connectivity index is 1.42. The van der Waals surface area contributed by atoms with E-state index in [0.29, 0.717) is 0 Å². The van der Waals surface area contributed by atoms with Gasteiger partial charge in [-0.15, -0.1) is 0 Å². The number of halogens is 1. The molecule has 35 heavy (non-hydrogen) atoms. The Hall–Kier alpha value is -4.20. The van der Waals surface area contributed by atoms with E-state index in [1.165, 1.54) is 19.2 Å². The summed E-state index contributed by atoms with van der Waals surface area (Å²) >= 11 is 0. The maximum Gasteiger partial charge on any atom is 0.411 e. The van der Waals surface area contributed by atoms with Crippen molar-refractivity contribution in [3.8, 4) is 11.1 Å². The van der Waals surface area contributed by atoms with Crippen LogP contribution in [0, 0.1) is 5.82 Å². The highest BCUT2D eigenvalue weighted by Gasteiger charge is 2.29. The zero-order valence-electron chi connectivity index (χ0n) is 19.3. The number of anilines is 1. The van der Waals surface area contributed by atoms with Crippen molar-refractivity contribution < 1.29 is 28.6 Å². The second kappa shape index (κ2) is 9.97. The van der Waals surface area contributed by atoms with Gasteiger partial charge in [0, 0.05) is 18.7 Å². The van der Waals surface area contributed by atoms with Crippen LogP contribution in [0.1, 0.15) is 40.7 Å². The third kappa shape index (κ3) is 4.73. The van der Waals surface area contributed by atoms with Gasteiger partial charge in [-0.25, -0.2) is 14.0 Å². The normalized spacial score (nSPS) is 12.9. The number of benzene rings is 3. The highest BCUT2D eigenvalue weighted by Crippen LogP contribution is 2.44. The van der Waals surface area contributed by atoms with Crippen LogP contribution in [0.5, 0.6) is 0 Å². The molecule has 2 N–H and O–H groups in total. The number of hydrogen-bond acceptors (Lipinski definition) is 4. The van der Waals surface area contributed by atoms with Gasteiger partial charge in [-0.1, -0.05) is 55.5 Å². The summed E-state index contributed by atoms with van der Waals surface area (Å²) in [5.41, 5.74) is 4.20. The minimum absolute atomic E-state index is 0.108. The Kier molecular flexibility index (Phi) is 6.82. The van der Waals surface area contributed by atoms with Gasteiger partial charge in [0.1, 0.15) is 18.5 Å². The fourth-order valence-corrected chi connectivity index (χ4v) is 4.46. The van der Waals surface area contributed by atoms with Crippen molar-refractivity contribution in [3.63, 3.8) is 0 Å². The van der Waals surface area contributed by atoms with Crippen LogP contribution in [0.2, 0.25) is 0 Å². The molecule has 7 nitrogen and oxygen atoms in total. The minimum atomic E-state index is -1.17. The fraction of sp³-hybridized carbons (Fsp3) is 0.222. The number of nitrogens with zero attached hydrogens (tertiary/aromatic N) is 1. The van der Waals surface area contributed by atoms with Crippen molar-refractivity contribution in [3.05, 3.63) is 89.2 Å². The first-order valence-electron chi connectivity index (χ1n) is 11.2. The zero-order valence-corrected chi connectivity index (χ0v) is 19.3. The number of amides is 2. The van der Waals surface area contributed by atoms with Gasteiger partial charge in [-0.05, 0) is 46.9 Å². The molecule has 1 aliphatic carbocycles.